The lowest BCUT2D eigenvalue weighted by Gasteiger charge is -2.22. The minimum atomic E-state index is 0.407. The summed E-state index contributed by atoms with van der Waals surface area (Å²) >= 11 is 0. The van der Waals surface area contributed by atoms with Crippen molar-refractivity contribution >= 4 is 0 Å². The maximum atomic E-state index is 5.78. The fraction of sp³-hybridized carbons (Fsp3) is 1.00. The van der Waals surface area contributed by atoms with Crippen LogP contribution in [0.3, 0.4) is 0 Å². The van der Waals surface area contributed by atoms with Crippen LogP contribution in [-0.4, -0.2) is 31.1 Å². The monoisotopic (exact) mass is 198 g/mol. The minimum absolute atomic E-state index is 0.407. The van der Waals surface area contributed by atoms with Crippen LogP contribution in [0, 0.1) is 5.41 Å². The normalized spacial score (nSPS) is 28.5. The van der Waals surface area contributed by atoms with E-state index >= 15 is 0 Å². The van der Waals surface area contributed by atoms with Crippen molar-refractivity contribution in [3.63, 3.8) is 0 Å². The van der Waals surface area contributed by atoms with Gasteiger partial charge >= 0.3 is 0 Å². The van der Waals surface area contributed by atoms with E-state index in [9.17, 15) is 0 Å². The summed E-state index contributed by atoms with van der Waals surface area (Å²) in [4.78, 5) is 2.59. The van der Waals surface area contributed by atoms with Gasteiger partial charge in [0.1, 0.15) is 0 Å². The molecule has 1 aliphatic heterocycles. The van der Waals surface area contributed by atoms with Crippen molar-refractivity contribution in [3.05, 3.63) is 0 Å². The number of likely N-dealkylation sites (tertiary alicyclic amines) is 1. The lowest BCUT2D eigenvalue weighted by Crippen LogP contribution is -2.31. The van der Waals surface area contributed by atoms with Gasteiger partial charge in [-0.3, -0.25) is 0 Å². The molecule has 0 aromatic rings. The van der Waals surface area contributed by atoms with Gasteiger partial charge in [0.05, 0.1) is 0 Å². The summed E-state index contributed by atoms with van der Waals surface area (Å²) in [5.74, 6) is 0. The molecule has 2 N–H and O–H groups in total. The zero-order valence-electron chi connectivity index (χ0n) is 9.89. The second-order valence-corrected chi connectivity index (χ2v) is 5.10. The Kier molecular flexibility index (Phi) is 4.90. The average molecular weight is 198 g/mol. The quantitative estimate of drug-likeness (QED) is 0.663. The summed E-state index contributed by atoms with van der Waals surface area (Å²) in [5, 5.41) is 0. The van der Waals surface area contributed by atoms with Crippen molar-refractivity contribution in [1.29, 1.82) is 0 Å². The van der Waals surface area contributed by atoms with Crippen LogP contribution in [0.1, 0.15) is 46.0 Å². The summed E-state index contributed by atoms with van der Waals surface area (Å²) in [6.45, 7) is 9.20. The Morgan fingerprint density at radius 1 is 1.29 bits per heavy atom. The zero-order valence-corrected chi connectivity index (χ0v) is 9.89. The first kappa shape index (κ1) is 12.0. The first-order valence-electron chi connectivity index (χ1n) is 6.12. The van der Waals surface area contributed by atoms with Crippen LogP contribution in [-0.2, 0) is 0 Å². The van der Waals surface area contributed by atoms with E-state index in [4.69, 9.17) is 5.73 Å². The molecule has 1 saturated heterocycles. The minimum Gasteiger partial charge on any atom is -0.330 e. The third kappa shape index (κ3) is 3.58. The predicted molar refractivity (Wildman–Crippen MR) is 62.4 cm³/mol. The third-order valence-electron chi connectivity index (χ3n) is 3.46. The van der Waals surface area contributed by atoms with Crippen LogP contribution in [0.25, 0.3) is 0 Å². The predicted octanol–water partition coefficient (Wildman–Crippen LogP) is 2.24. The van der Waals surface area contributed by atoms with Gasteiger partial charge in [0.15, 0.2) is 0 Å². The summed E-state index contributed by atoms with van der Waals surface area (Å²) in [5.41, 5.74) is 6.19. The SMILES string of the molecule is CCCCCCN1CCC(C)(CN)C1. The summed E-state index contributed by atoms with van der Waals surface area (Å²) in [6.07, 6.45) is 6.78. The molecule has 1 rings (SSSR count). The van der Waals surface area contributed by atoms with Gasteiger partial charge in [0.25, 0.3) is 0 Å². The van der Waals surface area contributed by atoms with E-state index in [0.29, 0.717) is 5.41 Å². The number of rotatable bonds is 6. The van der Waals surface area contributed by atoms with Crippen LogP contribution in [0.2, 0.25) is 0 Å². The molecular formula is C12H26N2. The Balaban J connectivity index is 2.10. The largest absolute Gasteiger partial charge is 0.330 e. The summed E-state index contributed by atoms with van der Waals surface area (Å²) in [7, 11) is 0. The maximum absolute atomic E-state index is 5.78. The highest BCUT2D eigenvalue weighted by Gasteiger charge is 2.31. The molecule has 1 unspecified atom stereocenters. The fourth-order valence-corrected chi connectivity index (χ4v) is 2.25. The standard InChI is InChI=1S/C12H26N2/c1-3-4-5-6-8-14-9-7-12(2,10-13)11-14/h3-11,13H2,1-2H3. The van der Waals surface area contributed by atoms with Crippen LogP contribution in [0.15, 0.2) is 0 Å². The Bertz CT molecular complexity index is 158. The Morgan fingerprint density at radius 2 is 2.07 bits per heavy atom. The van der Waals surface area contributed by atoms with Gasteiger partial charge in [-0.1, -0.05) is 33.1 Å². The van der Waals surface area contributed by atoms with Gasteiger partial charge in [-0.15, -0.1) is 0 Å². The van der Waals surface area contributed by atoms with Gasteiger partial charge in [-0.25, -0.2) is 0 Å². The number of hydrogen-bond acceptors (Lipinski definition) is 2. The summed E-state index contributed by atoms with van der Waals surface area (Å²) in [6, 6.07) is 0. The molecule has 2 nitrogen and oxygen atoms in total. The average Bonchev–Trinajstić information content (AvgIpc) is 2.56. The zero-order chi connectivity index (χ0) is 10.4. The highest BCUT2D eigenvalue weighted by atomic mass is 15.2. The third-order valence-corrected chi connectivity index (χ3v) is 3.46. The second-order valence-electron chi connectivity index (χ2n) is 5.10. The first-order valence-corrected chi connectivity index (χ1v) is 6.12. The summed E-state index contributed by atoms with van der Waals surface area (Å²) < 4.78 is 0. The molecule has 0 aromatic heterocycles. The highest BCUT2D eigenvalue weighted by molar-refractivity contribution is 4.86. The number of nitrogens with zero attached hydrogens (tertiary/aromatic N) is 1. The van der Waals surface area contributed by atoms with E-state index < -0.39 is 0 Å². The Labute approximate surface area is 88.8 Å². The van der Waals surface area contributed by atoms with Gasteiger partial charge in [0.2, 0.25) is 0 Å². The molecule has 1 atom stereocenters. The van der Waals surface area contributed by atoms with E-state index in [1.54, 1.807) is 0 Å². The van der Waals surface area contributed by atoms with E-state index in [1.165, 1.54) is 51.7 Å². The van der Waals surface area contributed by atoms with Crippen LogP contribution < -0.4 is 5.73 Å². The highest BCUT2D eigenvalue weighted by Crippen LogP contribution is 2.28. The van der Waals surface area contributed by atoms with Gasteiger partial charge in [-0.05, 0) is 37.9 Å². The molecule has 1 fully saturated rings. The molecule has 0 spiro atoms. The van der Waals surface area contributed by atoms with Crippen molar-refractivity contribution in [3.8, 4) is 0 Å². The van der Waals surface area contributed by atoms with Gasteiger partial charge < -0.3 is 10.6 Å². The molecule has 0 bridgehead atoms. The maximum Gasteiger partial charge on any atom is 0.00479 e. The number of unbranched alkanes of at least 4 members (excludes halogenated alkanes) is 3. The topological polar surface area (TPSA) is 29.3 Å². The lowest BCUT2D eigenvalue weighted by molar-refractivity contribution is 0.275. The molecule has 14 heavy (non-hydrogen) atoms. The Morgan fingerprint density at radius 3 is 2.64 bits per heavy atom. The molecule has 2 heteroatoms. The van der Waals surface area contributed by atoms with Crippen LogP contribution in [0.5, 0.6) is 0 Å². The van der Waals surface area contributed by atoms with Crippen molar-refractivity contribution in [1.82, 2.24) is 4.90 Å². The molecular weight excluding hydrogens is 172 g/mol. The van der Waals surface area contributed by atoms with Crippen molar-refractivity contribution < 1.29 is 0 Å². The van der Waals surface area contributed by atoms with Crippen molar-refractivity contribution in [2.45, 2.75) is 46.0 Å². The van der Waals surface area contributed by atoms with E-state index in [-0.39, 0.29) is 0 Å². The van der Waals surface area contributed by atoms with Gasteiger partial charge in [-0.2, -0.15) is 0 Å². The fourth-order valence-electron chi connectivity index (χ4n) is 2.25. The molecule has 0 aliphatic carbocycles. The van der Waals surface area contributed by atoms with E-state index in [1.807, 2.05) is 0 Å². The molecule has 84 valence electrons. The van der Waals surface area contributed by atoms with Crippen LogP contribution >= 0.6 is 0 Å². The van der Waals surface area contributed by atoms with Gasteiger partial charge in [0, 0.05) is 6.54 Å². The lowest BCUT2D eigenvalue weighted by atomic mass is 9.90. The second kappa shape index (κ2) is 5.72. The smallest absolute Gasteiger partial charge is 0.00479 e. The molecule has 1 heterocycles. The molecule has 0 aromatic carbocycles. The van der Waals surface area contributed by atoms with Crippen molar-refractivity contribution in [2.24, 2.45) is 11.1 Å². The molecule has 0 saturated carbocycles. The number of nitrogens with two attached hydrogens (primary N) is 1. The number of hydrogen-bond donors (Lipinski definition) is 1. The molecule has 1 aliphatic rings. The van der Waals surface area contributed by atoms with E-state index in [2.05, 4.69) is 18.7 Å². The van der Waals surface area contributed by atoms with E-state index in [0.717, 1.165) is 6.54 Å². The van der Waals surface area contributed by atoms with Crippen LogP contribution in [0.4, 0.5) is 0 Å². The molecule has 0 radical (unpaired) electrons. The Hall–Kier alpha value is -0.0800. The molecule has 0 amide bonds. The first-order chi connectivity index (χ1) is 6.70. The van der Waals surface area contributed by atoms with Crippen molar-refractivity contribution in [2.75, 3.05) is 26.2 Å².